The molecule has 0 radical (unpaired) electrons. The molecule has 0 aromatic heterocycles. The van der Waals surface area contributed by atoms with Gasteiger partial charge in [0.05, 0.1) is 23.7 Å². The number of hydrogen-bond acceptors (Lipinski definition) is 3. The Morgan fingerprint density at radius 3 is 2.72 bits per heavy atom. The summed E-state index contributed by atoms with van der Waals surface area (Å²) in [5, 5.41) is 2.80. The predicted octanol–water partition coefficient (Wildman–Crippen LogP) is 3.28. The molecule has 4 nitrogen and oxygen atoms in total. The third-order valence-corrected chi connectivity index (χ3v) is 4.96. The van der Waals surface area contributed by atoms with E-state index in [1.807, 2.05) is 0 Å². The zero-order valence-corrected chi connectivity index (χ0v) is 14.1. The quantitative estimate of drug-likeness (QED) is 0.876. The van der Waals surface area contributed by atoms with Gasteiger partial charge in [0.2, 0.25) is 5.91 Å². The van der Waals surface area contributed by atoms with E-state index in [0.717, 1.165) is 31.7 Å². The summed E-state index contributed by atoms with van der Waals surface area (Å²) >= 11 is 0. The Hall–Kier alpha value is -1.89. The van der Waals surface area contributed by atoms with Crippen molar-refractivity contribution in [3.63, 3.8) is 0 Å². The lowest BCUT2D eigenvalue weighted by Crippen LogP contribution is -2.44. The van der Waals surface area contributed by atoms with E-state index in [9.17, 15) is 18.0 Å². The van der Waals surface area contributed by atoms with Crippen molar-refractivity contribution >= 4 is 17.3 Å². The lowest BCUT2D eigenvalue weighted by Gasteiger charge is -2.27. The van der Waals surface area contributed by atoms with Gasteiger partial charge in [0, 0.05) is 18.2 Å². The minimum Gasteiger partial charge on any atom is -0.350 e. The Morgan fingerprint density at radius 1 is 1.32 bits per heavy atom. The first-order valence-corrected chi connectivity index (χ1v) is 8.56. The fourth-order valence-electron chi connectivity index (χ4n) is 3.66. The zero-order chi connectivity index (χ0) is 18.2. The molecule has 1 aromatic rings. The molecule has 3 N–H and O–H groups in total. The van der Waals surface area contributed by atoms with E-state index in [2.05, 4.69) is 10.3 Å². The molecule has 1 aliphatic heterocycles. The predicted molar refractivity (Wildman–Crippen MR) is 89.9 cm³/mol. The fraction of sp³-hybridized carbons (Fsp3) is 0.556. The van der Waals surface area contributed by atoms with E-state index in [0.29, 0.717) is 17.0 Å². The molecule has 1 aromatic carbocycles. The van der Waals surface area contributed by atoms with Gasteiger partial charge in [-0.05, 0) is 43.0 Å². The smallest absolute Gasteiger partial charge is 0.350 e. The normalized spacial score (nSPS) is 23.2. The SMILES string of the molecule is Cc1cc2c(c(C(F)(F)F)c1)CC(CNC(=O)[C@H]1CCCC[C@@H]1N)=N2. The molecule has 0 spiro atoms. The Morgan fingerprint density at radius 2 is 2.04 bits per heavy atom. The van der Waals surface area contributed by atoms with Crippen molar-refractivity contribution in [3.05, 3.63) is 28.8 Å². The third-order valence-electron chi connectivity index (χ3n) is 4.96. The Kier molecular flexibility index (Phi) is 4.86. The minimum atomic E-state index is -4.40. The van der Waals surface area contributed by atoms with Gasteiger partial charge in [0.25, 0.3) is 0 Å². The summed E-state index contributed by atoms with van der Waals surface area (Å²) in [4.78, 5) is 16.6. The number of hydrogen-bond donors (Lipinski definition) is 2. The molecule has 1 amide bonds. The summed E-state index contributed by atoms with van der Waals surface area (Å²) in [6, 6.07) is 2.66. The second-order valence-electron chi connectivity index (χ2n) is 6.94. The van der Waals surface area contributed by atoms with E-state index < -0.39 is 11.7 Å². The first-order chi connectivity index (χ1) is 11.8. The number of rotatable bonds is 3. The second kappa shape index (κ2) is 6.78. The second-order valence-corrected chi connectivity index (χ2v) is 6.94. The minimum absolute atomic E-state index is 0.113. The molecule has 0 saturated heterocycles. The molecule has 136 valence electrons. The lowest BCUT2D eigenvalue weighted by molar-refractivity contribution is -0.138. The number of alkyl halides is 3. The van der Waals surface area contributed by atoms with Gasteiger partial charge in [0.1, 0.15) is 0 Å². The van der Waals surface area contributed by atoms with Crippen LogP contribution in [0.15, 0.2) is 17.1 Å². The van der Waals surface area contributed by atoms with Gasteiger partial charge in [-0.1, -0.05) is 12.8 Å². The molecule has 1 aliphatic carbocycles. The summed E-state index contributed by atoms with van der Waals surface area (Å²) in [6.07, 6.45) is -0.685. The maximum absolute atomic E-state index is 13.2. The summed E-state index contributed by atoms with van der Waals surface area (Å²) in [5.41, 5.74) is 6.97. The van der Waals surface area contributed by atoms with Gasteiger partial charge >= 0.3 is 6.18 Å². The largest absolute Gasteiger partial charge is 0.416 e. The average molecular weight is 353 g/mol. The number of nitrogens with one attached hydrogen (secondary N) is 1. The number of aliphatic imine (C=N–C) groups is 1. The van der Waals surface area contributed by atoms with Crippen molar-refractivity contribution < 1.29 is 18.0 Å². The van der Waals surface area contributed by atoms with Crippen LogP contribution in [-0.2, 0) is 17.4 Å². The van der Waals surface area contributed by atoms with Gasteiger partial charge in [-0.25, -0.2) is 0 Å². The van der Waals surface area contributed by atoms with Crippen molar-refractivity contribution in [1.29, 1.82) is 0 Å². The van der Waals surface area contributed by atoms with Crippen LogP contribution in [0.1, 0.15) is 42.4 Å². The third kappa shape index (κ3) is 3.86. The van der Waals surface area contributed by atoms with Crippen molar-refractivity contribution in [2.75, 3.05) is 6.54 Å². The van der Waals surface area contributed by atoms with Gasteiger partial charge in [-0.2, -0.15) is 13.2 Å². The molecule has 0 bridgehead atoms. The lowest BCUT2D eigenvalue weighted by atomic mass is 9.84. The van der Waals surface area contributed by atoms with Crippen LogP contribution in [0.25, 0.3) is 0 Å². The van der Waals surface area contributed by atoms with Crippen LogP contribution in [0.4, 0.5) is 18.9 Å². The van der Waals surface area contributed by atoms with Crippen LogP contribution in [0.5, 0.6) is 0 Å². The molecule has 1 heterocycles. The van der Waals surface area contributed by atoms with E-state index in [1.165, 1.54) is 0 Å². The highest BCUT2D eigenvalue weighted by atomic mass is 19.4. The number of carbonyl (C=O) groups is 1. The molecular weight excluding hydrogens is 331 g/mol. The number of benzene rings is 1. The maximum atomic E-state index is 13.2. The molecule has 1 saturated carbocycles. The number of carbonyl (C=O) groups excluding carboxylic acids is 1. The molecule has 2 aliphatic rings. The number of fused-ring (bicyclic) bond motifs is 1. The van der Waals surface area contributed by atoms with Crippen LogP contribution in [0.2, 0.25) is 0 Å². The summed E-state index contributed by atoms with van der Waals surface area (Å²) in [5.74, 6) is -0.343. The Bertz CT molecular complexity index is 712. The van der Waals surface area contributed by atoms with Gasteiger partial charge in [0.15, 0.2) is 0 Å². The molecule has 25 heavy (non-hydrogen) atoms. The molecule has 0 unspecified atom stereocenters. The number of nitrogens with zero attached hydrogens (tertiary/aromatic N) is 1. The topological polar surface area (TPSA) is 67.5 Å². The average Bonchev–Trinajstić information content (AvgIpc) is 2.93. The zero-order valence-electron chi connectivity index (χ0n) is 14.1. The Balaban J connectivity index is 1.68. The standard InChI is InChI=1S/C18H22F3N3O/c1-10-6-14(18(19,20)21)13-8-11(24-16(13)7-10)9-23-17(25)12-4-2-3-5-15(12)22/h6-7,12,15H,2-5,8-9,22H2,1H3,(H,23,25)/t12-,15-/m0/s1. The highest BCUT2D eigenvalue weighted by Crippen LogP contribution is 2.40. The van der Waals surface area contributed by atoms with Crippen LogP contribution in [-0.4, -0.2) is 24.2 Å². The van der Waals surface area contributed by atoms with Crippen molar-refractivity contribution in [1.82, 2.24) is 5.32 Å². The molecule has 2 atom stereocenters. The fourth-order valence-corrected chi connectivity index (χ4v) is 3.66. The van der Waals surface area contributed by atoms with E-state index in [-0.39, 0.29) is 36.4 Å². The van der Waals surface area contributed by atoms with Gasteiger partial charge < -0.3 is 11.1 Å². The molecule has 1 fully saturated rings. The van der Waals surface area contributed by atoms with Gasteiger partial charge in [-0.15, -0.1) is 0 Å². The number of nitrogens with two attached hydrogens (primary N) is 1. The molecule has 7 heteroatoms. The van der Waals surface area contributed by atoms with Crippen LogP contribution in [0, 0.1) is 12.8 Å². The highest BCUT2D eigenvalue weighted by molar-refractivity contribution is 5.98. The van der Waals surface area contributed by atoms with Crippen molar-refractivity contribution in [2.24, 2.45) is 16.6 Å². The first kappa shape index (κ1) is 17.9. The monoisotopic (exact) mass is 353 g/mol. The van der Waals surface area contributed by atoms with Crippen LogP contribution < -0.4 is 11.1 Å². The van der Waals surface area contributed by atoms with Crippen LogP contribution in [0.3, 0.4) is 0 Å². The molecule has 3 rings (SSSR count). The molecular formula is C18H22F3N3O. The van der Waals surface area contributed by atoms with Crippen molar-refractivity contribution in [3.8, 4) is 0 Å². The summed E-state index contributed by atoms with van der Waals surface area (Å²) < 4.78 is 39.6. The first-order valence-electron chi connectivity index (χ1n) is 8.56. The summed E-state index contributed by atoms with van der Waals surface area (Å²) in [7, 11) is 0. The Labute approximate surface area is 144 Å². The van der Waals surface area contributed by atoms with Crippen LogP contribution >= 0.6 is 0 Å². The van der Waals surface area contributed by atoms with E-state index in [4.69, 9.17) is 5.73 Å². The summed E-state index contributed by atoms with van der Waals surface area (Å²) in [6.45, 7) is 1.78. The maximum Gasteiger partial charge on any atom is 0.416 e. The van der Waals surface area contributed by atoms with Gasteiger partial charge in [-0.3, -0.25) is 9.79 Å². The number of aryl methyl sites for hydroxylation is 1. The number of halogens is 3. The van der Waals surface area contributed by atoms with E-state index >= 15 is 0 Å². The number of amides is 1. The van der Waals surface area contributed by atoms with E-state index in [1.54, 1.807) is 13.0 Å². The highest BCUT2D eigenvalue weighted by Gasteiger charge is 2.36. The van der Waals surface area contributed by atoms with Crippen molar-refractivity contribution in [2.45, 2.75) is 51.2 Å².